The molecule has 2 aliphatic heterocycles. The van der Waals surface area contributed by atoms with Gasteiger partial charge in [0.15, 0.2) is 0 Å². The van der Waals surface area contributed by atoms with Crippen LogP contribution in [-0.4, -0.2) is 29.2 Å². The van der Waals surface area contributed by atoms with E-state index in [4.69, 9.17) is 5.73 Å². The second-order valence-corrected chi connectivity index (χ2v) is 3.04. The number of carbonyl (C=O) groups excluding carboxylic acids is 1. The zero-order valence-corrected chi connectivity index (χ0v) is 6.73. The number of amidine groups is 1. The van der Waals surface area contributed by atoms with E-state index in [1.54, 1.807) is 6.20 Å². The minimum atomic E-state index is -0.240. The summed E-state index contributed by atoms with van der Waals surface area (Å²) in [5, 5.41) is 0. The molecule has 1 saturated heterocycles. The molecule has 1 fully saturated rings. The van der Waals surface area contributed by atoms with Gasteiger partial charge in [-0.05, 0) is 12.5 Å². The molecule has 2 heterocycles. The monoisotopic (exact) mass is 165 g/mol. The van der Waals surface area contributed by atoms with Crippen molar-refractivity contribution in [1.82, 2.24) is 4.90 Å². The summed E-state index contributed by atoms with van der Waals surface area (Å²) in [6.07, 6.45) is 5.41. The third kappa shape index (κ3) is 0.995. The number of rotatable bonds is 1. The average molecular weight is 165 g/mol. The van der Waals surface area contributed by atoms with Gasteiger partial charge in [-0.3, -0.25) is 4.79 Å². The zero-order valence-electron chi connectivity index (χ0n) is 6.73. The fraction of sp³-hybridized carbons (Fsp3) is 0.500. The molecule has 2 rings (SSSR count). The summed E-state index contributed by atoms with van der Waals surface area (Å²) in [6.45, 7) is 0.770. The van der Waals surface area contributed by atoms with Gasteiger partial charge in [-0.25, -0.2) is 4.99 Å². The molecule has 0 aromatic rings. The van der Waals surface area contributed by atoms with Crippen molar-refractivity contribution in [2.75, 3.05) is 6.54 Å². The SMILES string of the molecule is NC(=O)C1CCC2=NC=CCN21. The van der Waals surface area contributed by atoms with E-state index in [2.05, 4.69) is 4.99 Å². The first-order chi connectivity index (χ1) is 5.79. The van der Waals surface area contributed by atoms with Gasteiger partial charge in [0.05, 0.1) is 0 Å². The zero-order chi connectivity index (χ0) is 8.55. The summed E-state index contributed by atoms with van der Waals surface area (Å²) in [5.74, 6) is 0.761. The van der Waals surface area contributed by atoms with Crippen LogP contribution in [0.1, 0.15) is 12.8 Å². The van der Waals surface area contributed by atoms with Crippen LogP contribution in [-0.2, 0) is 4.79 Å². The predicted octanol–water partition coefficient (Wildman–Crippen LogP) is -0.138. The van der Waals surface area contributed by atoms with Crippen molar-refractivity contribution >= 4 is 11.7 Å². The summed E-state index contributed by atoms with van der Waals surface area (Å²) in [7, 11) is 0. The van der Waals surface area contributed by atoms with Gasteiger partial charge < -0.3 is 10.6 Å². The van der Waals surface area contributed by atoms with E-state index < -0.39 is 0 Å². The number of nitrogens with zero attached hydrogens (tertiary/aromatic N) is 2. The molecule has 64 valence electrons. The average Bonchev–Trinajstić information content (AvgIpc) is 2.47. The maximum atomic E-state index is 11.0. The summed E-state index contributed by atoms with van der Waals surface area (Å²) in [4.78, 5) is 17.1. The molecule has 1 unspecified atom stereocenters. The highest BCUT2D eigenvalue weighted by Gasteiger charge is 2.32. The molecule has 0 radical (unpaired) electrons. The summed E-state index contributed by atoms with van der Waals surface area (Å²) < 4.78 is 0. The Kier molecular flexibility index (Phi) is 1.60. The Labute approximate surface area is 70.7 Å². The predicted molar refractivity (Wildman–Crippen MR) is 45.5 cm³/mol. The molecule has 0 aromatic carbocycles. The van der Waals surface area contributed by atoms with Crippen molar-refractivity contribution in [3.63, 3.8) is 0 Å². The Morgan fingerprint density at radius 1 is 1.75 bits per heavy atom. The quantitative estimate of drug-likeness (QED) is 0.588. The molecule has 2 aliphatic rings. The normalized spacial score (nSPS) is 26.8. The topological polar surface area (TPSA) is 58.7 Å². The van der Waals surface area contributed by atoms with Gasteiger partial charge in [0, 0.05) is 19.2 Å². The number of carbonyl (C=O) groups is 1. The molecular formula is C8H11N3O. The van der Waals surface area contributed by atoms with Crippen molar-refractivity contribution in [2.24, 2.45) is 10.7 Å². The van der Waals surface area contributed by atoms with Crippen LogP contribution in [0.3, 0.4) is 0 Å². The first-order valence-electron chi connectivity index (χ1n) is 4.06. The summed E-state index contributed by atoms with van der Waals surface area (Å²) in [6, 6.07) is -0.131. The molecular weight excluding hydrogens is 154 g/mol. The molecule has 1 amide bonds. The lowest BCUT2D eigenvalue weighted by molar-refractivity contribution is -0.121. The number of amides is 1. The number of primary amides is 1. The summed E-state index contributed by atoms with van der Waals surface area (Å²) >= 11 is 0. The van der Waals surface area contributed by atoms with E-state index >= 15 is 0 Å². The van der Waals surface area contributed by atoms with Crippen LogP contribution < -0.4 is 5.73 Å². The molecule has 4 nitrogen and oxygen atoms in total. The van der Waals surface area contributed by atoms with Crippen LogP contribution in [0.5, 0.6) is 0 Å². The Morgan fingerprint density at radius 3 is 3.33 bits per heavy atom. The van der Waals surface area contributed by atoms with Crippen LogP contribution in [0.25, 0.3) is 0 Å². The van der Waals surface area contributed by atoms with E-state index in [0.29, 0.717) is 0 Å². The number of fused-ring (bicyclic) bond motifs is 1. The molecule has 2 N–H and O–H groups in total. The Balaban J connectivity index is 2.20. The van der Waals surface area contributed by atoms with Gasteiger partial charge in [0.25, 0.3) is 0 Å². The van der Waals surface area contributed by atoms with Gasteiger partial charge in [0.1, 0.15) is 11.9 Å². The molecule has 0 saturated carbocycles. The van der Waals surface area contributed by atoms with E-state index in [1.165, 1.54) is 0 Å². The minimum Gasteiger partial charge on any atom is -0.368 e. The van der Waals surface area contributed by atoms with Gasteiger partial charge >= 0.3 is 0 Å². The van der Waals surface area contributed by atoms with Gasteiger partial charge in [-0.2, -0.15) is 0 Å². The van der Waals surface area contributed by atoms with Crippen molar-refractivity contribution in [1.29, 1.82) is 0 Å². The summed E-state index contributed by atoms with van der Waals surface area (Å²) in [5.41, 5.74) is 5.25. The lowest BCUT2D eigenvalue weighted by Gasteiger charge is -2.24. The Hall–Kier alpha value is -1.32. The number of nitrogens with two attached hydrogens (primary N) is 1. The van der Waals surface area contributed by atoms with Gasteiger partial charge in [0.2, 0.25) is 5.91 Å². The Morgan fingerprint density at radius 2 is 2.58 bits per heavy atom. The van der Waals surface area contributed by atoms with E-state index in [1.807, 2.05) is 11.0 Å². The second-order valence-electron chi connectivity index (χ2n) is 3.04. The maximum Gasteiger partial charge on any atom is 0.240 e. The highest BCUT2D eigenvalue weighted by Crippen LogP contribution is 2.21. The Bertz CT molecular complexity index is 269. The van der Waals surface area contributed by atoms with Crippen molar-refractivity contribution in [2.45, 2.75) is 18.9 Å². The minimum absolute atomic E-state index is 0.131. The second kappa shape index (κ2) is 2.62. The van der Waals surface area contributed by atoms with E-state index in [-0.39, 0.29) is 11.9 Å². The molecule has 1 atom stereocenters. The first kappa shape index (κ1) is 7.34. The van der Waals surface area contributed by atoms with Crippen LogP contribution in [0, 0.1) is 0 Å². The third-order valence-electron chi connectivity index (χ3n) is 2.31. The molecule has 0 aromatic heterocycles. The van der Waals surface area contributed by atoms with Crippen LogP contribution in [0.4, 0.5) is 0 Å². The number of hydrogen-bond acceptors (Lipinski definition) is 3. The molecule has 0 aliphatic carbocycles. The molecule has 0 spiro atoms. The highest BCUT2D eigenvalue weighted by molar-refractivity contribution is 5.93. The molecule has 0 bridgehead atoms. The standard InChI is InChI=1S/C8H11N3O/c9-8(12)6-2-3-7-10-4-1-5-11(6)7/h1,4,6H,2-3,5H2,(H2,9,12). The fourth-order valence-corrected chi connectivity index (χ4v) is 1.71. The number of hydrogen-bond donors (Lipinski definition) is 1. The number of aliphatic imine (C=N–C) groups is 1. The largest absolute Gasteiger partial charge is 0.368 e. The third-order valence-corrected chi connectivity index (χ3v) is 2.31. The smallest absolute Gasteiger partial charge is 0.240 e. The highest BCUT2D eigenvalue weighted by atomic mass is 16.1. The van der Waals surface area contributed by atoms with Crippen LogP contribution in [0.15, 0.2) is 17.3 Å². The van der Waals surface area contributed by atoms with Gasteiger partial charge in [-0.15, -0.1) is 0 Å². The van der Waals surface area contributed by atoms with Crippen molar-refractivity contribution in [3.05, 3.63) is 12.3 Å². The van der Waals surface area contributed by atoms with Crippen LogP contribution >= 0.6 is 0 Å². The van der Waals surface area contributed by atoms with Crippen LogP contribution in [0.2, 0.25) is 0 Å². The first-order valence-corrected chi connectivity index (χ1v) is 4.06. The fourth-order valence-electron chi connectivity index (χ4n) is 1.71. The maximum absolute atomic E-state index is 11.0. The van der Waals surface area contributed by atoms with E-state index in [9.17, 15) is 4.79 Å². The lowest BCUT2D eigenvalue weighted by Crippen LogP contribution is -2.42. The molecule has 12 heavy (non-hydrogen) atoms. The van der Waals surface area contributed by atoms with E-state index in [0.717, 1.165) is 25.2 Å². The van der Waals surface area contributed by atoms with Gasteiger partial charge in [-0.1, -0.05) is 0 Å². The lowest BCUT2D eigenvalue weighted by atomic mass is 10.2. The van der Waals surface area contributed by atoms with Crippen molar-refractivity contribution < 1.29 is 4.79 Å². The molecule has 4 heteroatoms. The van der Waals surface area contributed by atoms with Crippen molar-refractivity contribution in [3.8, 4) is 0 Å².